The third-order valence-electron chi connectivity index (χ3n) is 2.79. The van der Waals surface area contributed by atoms with Gasteiger partial charge in [0, 0.05) is 16.7 Å². The molecule has 4 nitrogen and oxygen atoms in total. The maximum atomic E-state index is 12.2. The van der Waals surface area contributed by atoms with E-state index in [4.69, 9.17) is 5.73 Å². The van der Waals surface area contributed by atoms with Crippen molar-refractivity contribution in [2.75, 3.05) is 5.73 Å². The summed E-state index contributed by atoms with van der Waals surface area (Å²) in [5.41, 5.74) is 7.81. The van der Waals surface area contributed by atoms with Crippen LogP contribution in [0.3, 0.4) is 0 Å². The summed E-state index contributed by atoms with van der Waals surface area (Å²) < 4.78 is 27.9. The van der Waals surface area contributed by atoms with Crippen molar-refractivity contribution in [1.82, 2.24) is 4.72 Å². The molecule has 0 saturated heterocycles. The molecule has 0 aliphatic carbocycles. The Labute approximate surface area is 127 Å². The lowest BCUT2D eigenvalue weighted by Gasteiger charge is -2.09. The summed E-state index contributed by atoms with van der Waals surface area (Å²) in [5, 5.41) is 0. The van der Waals surface area contributed by atoms with Crippen LogP contribution in [-0.2, 0) is 16.6 Å². The largest absolute Gasteiger partial charge is 0.399 e. The first-order valence-electron chi connectivity index (χ1n) is 5.99. The van der Waals surface area contributed by atoms with Crippen LogP contribution in [0.25, 0.3) is 0 Å². The van der Waals surface area contributed by atoms with Gasteiger partial charge in [-0.3, -0.25) is 0 Å². The summed E-state index contributed by atoms with van der Waals surface area (Å²) in [4.78, 5) is 0.182. The van der Waals surface area contributed by atoms with E-state index in [0.29, 0.717) is 5.69 Å². The van der Waals surface area contributed by atoms with E-state index in [1.54, 1.807) is 12.1 Å². The normalized spacial score (nSPS) is 11.5. The number of nitrogen functional groups attached to an aromatic ring is 1. The lowest BCUT2D eigenvalue weighted by atomic mass is 10.2. The number of hydrogen-bond donors (Lipinski definition) is 2. The summed E-state index contributed by atoms with van der Waals surface area (Å²) in [6, 6.07) is 12.2. The van der Waals surface area contributed by atoms with E-state index in [0.717, 1.165) is 15.6 Å². The highest BCUT2D eigenvalue weighted by Crippen LogP contribution is 2.19. The van der Waals surface area contributed by atoms with E-state index in [9.17, 15) is 8.42 Å². The fourth-order valence-corrected chi connectivity index (χ4v) is 3.40. The first kappa shape index (κ1) is 15.0. The number of nitrogens with one attached hydrogen (secondary N) is 1. The Hall–Kier alpha value is -1.37. The molecule has 0 aliphatic rings. The molecule has 0 heterocycles. The zero-order chi connectivity index (χ0) is 14.8. The van der Waals surface area contributed by atoms with E-state index in [2.05, 4.69) is 20.7 Å². The fraction of sp³-hybridized carbons (Fsp3) is 0.143. The number of nitrogens with two attached hydrogens (primary N) is 1. The number of aryl methyl sites for hydroxylation is 1. The predicted molar refractivity (Wildman–Crippen MR) is 83.8 cm³/mol. The molecule has 0 amide bonds. The highest BCUT2D eigenvalue weighted by atomic mass is 79.9. The lowest BCUT2D eigenvalue weighted by Crippen LogP contribution is -2.23. The van der Waals surface area contributed by atoms with E-state index in [1.165, 1.54) is 6.07 Å². The third kappa shape index (κ3) is 3.59. The molecule has 0 atom stereocenters. The summed E-state index contributed by atoms with van der Waals surface area (Å²) in [7, 11) is -3.57. The van der Waals surface area contributed by atoms with Crippen molar-refractivity contribution in [2.24, 2.45) is 0 Å². The standard InChI is InChI=1S/C14H15BrN2O2S/c1-10-6-12(16)8-13(7-10)20(18,19)17-9-11-4-2-3-5-14(11)15/h2-8,17H,9,16H2,1H3. The van der Waals surface area contributed by atoms with Crippen LogP contribution >= 0.6 is 15.9 Å². The van der Waals surface area contributed by atoms with Gasteiger partial charge in [0.2, 0.25) is 10.0 Å². The molecule has 6 heteroatoms. The number of halogens is 1. The van der Waals surface area contributed by atoms with Crippen LogP contribution in [0.4, 0.5) is 5.69 Å². The molecule has 2 aromatic rings. The predicted octanol–water partition coefficient (Wildman–Crippen LogP) is 2.82. The van der Waals surface area contributed by atoms with Gasteiger partial charge < -0.3 is 5.73 Å². The average molecular weight is 355 g/mol. The van der Waals surface area contributed by atoms with Crippen LogP contribution in [0.2, 0.25) is 0 Å². The second kappa shape index (κ2) is 5.95. The zero-order valence-electron chi connectivity index (χ0n) is 10.9. The van der Waals surface area contributed by atoms with Crippen molar-refractivity contribution < 1.29 is 8.42 Å². The minimum Gasteiger partial charge on any atom is -0.399 e. The molecule has 20 heavy (non-hydrogen) atoms. The molecule has 106 valence electrons. The number of sulfonamides is 1. The summed E-state index contributed by atoms with van der Waals surface area (Å²) >= 11 is 3.39. The van der Waals surface area contributed by atoms with Gasteiger partial charge in [-0.15, -0.1) is 0 Å². The Bertz CT molecular complexity index is 709. The van der Waals surface area contributed by atoms with Crippen molar-refractivity contribution in [3.63, 3.8) is 0 Å². The maximum Gasteiger partial charge on any atom is 0.240 e. The molecule has 2 rings (SSSR count). The van der Waals surface area contributed by atoms with Crippen LogP contribution in [0, 0.1) is 6.92 Å². The molecule has 3 N–H and O–H groups in total. The summed E-state index contributed by atoms with van der Waals surface area (Å²) in [6.07, 6.45) is 0. The van der Waals surface area contributed by atoms with Crippen LogP contribution in [0.15, 0.2) is 51.8 Å². The van der Waals surface area contributed by atoms with Crippen molar-refractivity contribution >= 4 is 31.6 Å². The van der Waals surface area contributed by atoms with Crippen molar-refractivity contribution in [3.8, 4) is 0 Å². The fourth-order valence-electron chi connectivity index (χ4n) is 1.83. The van der Waals surface area contributed by atoms with Crippen molar-refractivity contribution in [1.29, 1.82) is 0 Å². The van der Waals surface area contributed by atoms with Gasteiger partial charge in [-0.1, -0.05) is 34.1 Å². The summed E-state index contributed by atoms with van der Waals surface area (Å²) in [5.74, 6) is 0. The molecule has 0 aromatic heterocycles. The van der Waals surface area contributed by atoms with Gasteiger partial charge in [0.1, 0.15) is 0 Å². The Balaban J connectivity index is 2.22. The van der Waals surface area contributed by atoms with Gasteiger partial charge in [0.05, 0.1) is 4.90 Å². The van der Waals surface area contributed by atoms with E-state index in [-0.39, 0.29) is 11.4 Å². The quantitative estimate of drug-likeness (QED) is 0.829. The topological polar surface area (TPSA) is 72.2 Å². The minimum absolute atomic E-state index is 0.182. The van der Waals surface area contributed by atoms with Crippen LogP contribution in [0.1, 0.15) is 11.1 Å². The smallest absolute Gasteiger partial charge is 0.240 e. The Kier molecular flexibility index (Phi) is 4.47. The molecule has 0 fully saturated rings. The third-order valence-corrected chi connectivity index (χ3v) is 4.95. The maximum absolute atomic E-state index is 12.2. The lowest BCUT2D eigenvalue weighted by molar-refractivity contribution is 0.581. The van der Waals surface area contributed by atoms with E-state index < -0.39 is 10.0 Å². The Morgan fingerprint density at radius 3 is 2.55 bits per heavy atom. The highest BCUT2D eigenvalue weighted by Gasteiger charge is 2.15. The number of hydrogen-bond acceptors (Lipinski definition) is 3. The van der Waals surface area contributed by atoms with Crippen molar-refractivity contribution in [3.05, 3.63) is 58.1 Å². The average Bonchev–Trinajstić information content (AvgIpc) is 2.37. The molecular formula is C14H15BrN2O2S. The SMILES string of the molecule is Cc1cc(N)cc(S(=O)(=O)NCc2ccccc2Br)c1. The van der Waals surface area contributed by atoms with Gasteiger partial charge in [-0.05, 0) is 42.3 Å². The second-order valence-electron chi connectivity index (χ2n) is 4.50. The monoisotopic (exact) mass is 354 g/mol. The molecular weight excluding hydrogens is 340 g/mol. The van der Waals surface area contributed by atoms with E-state index >= 15 is 0 Å². The molecule has 0 radical (unpaired) electrons. The van der Waals surface area contributed by atoms with E-state index in [1.807, 2.05) is 31.2 Å². The number of rotatable bonds is 4. The summed E-state index contributed by atoms with van der Waals surface area (Å²) in [6.45, 7) is 2.03. The highest BCUT2D eigenvalue weighted by molar-refractivity contribution is 9.10. The van der Waals surface area contributed by atoms with Crippen LogP contribution < -0.4 is 10.5 Å². The minimum atomic E-state index is -3.57. The van der Waals surface area contributed by atoms with Crippen LogP contribution in [-0.4, -0.2) is 8.42 Å². The van der Waals surface area contributed by atoms with Gasteiger partial charge in [-0.25, -0.2) is 13.1 Å². The van der Waals surface area contributed by atoms with Crippen molar-refractivity contribution in [2.45, 2.75) is 18.4 Å². The first-order valence-corrected chi connectivity index (χ1v) is 8.26. The Morgan fingerprint density at radius 1 is 1.20 bits per heavy atom. The van der Waals surface area contributed by atoms with Gasteiger partial charge in [0.15, 0.2) is 0 Å². The second-order valence-corrected chi connectivity index (χ2v) is 7.12. The molecule has 0 spiro atoms. The van der Waals surface area contributed by atoms with Gasteiger partial charge in [-0.2, -0.15) is 0 Å². The van der Waals surface area contributed by atoms with Gasteiger partial charge in [0.25, 0.3) is 0 Å². The molecule has 0 saturated carbocycles. The van der Waals surface area contributed by atoms with Gasteiger partial charge >= 0.3 is 0 Å². The molecule has 2 aromatic carbocycles. The Morgan fingerprint density at radius 2 is 1.90 bits per heavy atom. The zero-order valence-corrected chi connectivity index (χ0v) is 13.3. The molecule has 0 aliphatic heterocycles. The number of benzene rings is 2. The first-order chi connectivity index (χ1) is 9.38. The molecule has 0 bridgehead atoms. The number of anilines is 1. The van der Waals surface area contributed by atoms with Crippen LogP contribution in [0.5, 0.6) is 0 Å². The molecule has 0 unspecified atom stereocenters.